The lowest BCUT2D eigenvalue weighted by molar-refractivity contribution is 0.295. The summed E-state index contributed by atoms with van der Waals surface area (Å²) in [6.45, 7) is 3.22. The van der Waals surface area contributed by atoms with Crippen LogP contribution in [0.3, 0.4) is 0 Å². The van der Waals surface area contributed by atoms with E-state index in [0.29, 0.717) is 0 Å². The molecule has 0 bridgehead atoms. The van der Waals surface area contributed by atoms with Crippen LogP contribution < -0.4 is 4.90 Å². The Morgan fingerprint density at radius 3 is 2.50 bits per heavy atom. The normalized spacial score (nSPS) is 17.9. The molecule has 0 aliphatic carbocycles. The highest BCUT2D eigenvalue weighted by atomic mass is 32.2. The van der Waals surface area contributed by atoms with Gasteiger partial charge < -0.3 is 4.90 Å². The highest BCUT2D eigenvalue weighted by Crippen LogP contribution is 2.11. The number of rotatable bonds is 3. The fourth-order valence-corrected chi connectivity index (χ4v) is 2.43. The Balaban J connectivity index is 1.90. The van der Waals surface area contributed by atoms with Crippen molar-refractivity contribution in [1.29, 1.82) is 0 Å². The first-order chi connectivity index (χ1) is 7.75. The minimum atomic E-state index is -2.30. The van der Waals surface area contributed by atoms with Crippen molar-refractivity contribution >= 4 is 16.5 Å². The Bertz CT molecular complexity index is 392. The van der Waals surface area contributed by atoms with Gasteiger partial charge in [-0.2, -0.15) is 0 Å². The van der Waals surface area contributed by atoms with Crippen LogP contribution >= 0.6 is 0 Å². The zero-order valence-electron chi connectivity index (χ0n) is 8.95. The molecule has 1 saturated heterocycles. The Labute approximate surface area is 96.6 Å². The first kappa shape index (κ1) is 11.3. The molecular formula is C10H15N3O2S. The van der Waals surface area contributed by atoms with Gasteiger partial charge in [-0.1, -0.05) is 6.07 Å². The van der Waals surface area contributed by atoms with Gasteiger partial charge in [-0.05, 0) is 12.1 Å². The zero-order chi connectivity index (χ0) is 11.4. The van der Waals surface area contributed by atoms with Crippen LogP contribution in [0.15, 0.2) is 24.4 Å². The van der Waals surface area contributed by atoms with Gasteiger partial charge in [0.05, 0.1) is 5.88 Å². The van der Waals surface area contributed by atoms with Crippen molar-refractivity contribution < 1.29 is 8.42 Å². The molecule has 0 unspecified atom stereocenters. The Hall–Kier alpha value is -1.14. The van der Waals surface area contributed by atoms with E-state index in [1.54, 1.807) is 6.20 Å². The average Bonchev–Trinajstić information content (AvgIpc) is 2.30. The van der Waals surface area contributed by atoms with Crippen molar-refractivity contribution in [3.8, 4) is 0 Å². The van der Waals surface area contributed by atoms with Crippen LogP contribution in [0.4, 0.5) is 5.82 Å². The lowest BCUT2D eigenvalue weighted by atomic mass is 10.3. The van der Waals surface area contributed by atoms with E-state index in [1.807, 2.05) is 23.1 Å². The quantitative estimate of drug-likeness (QED) is 0.741. The molecule has 0 amide bonds. The van der Waals surface area contributed by atoms with E-state index in [-0.39, 0.29) is 5.88 Å². The third kappa shape index (κ3) is 2.93. The molecule has 2 rings (SSSR count). The molecule has 0 radical (unpaired) electrons. The monoisotopic (exact) mass is 241 g/mol. The lowest BCUT2D eigenvalue weighted by Crippen LogP contribution is -2.47. The summed E-state index contributed by atoms with van der Waals surface area (Å²) in [4.78, 5) is 8.40. The second kappa shape index (κ2) is 5.27. The van der Waals surface area contributed by atoms with Crippen LogP contribution in [-0.2, 0) is 10.7 Å². The third-order valence-electron chi connectivity index (χ3n) is 2.66. The lowest BCUT2D eigenvalue weighted by Gasteiger charge is -2.34. The average molecular weight is 241 g/mol. The summed E-state index contributed by atoms with van der Waals surface area (Å²) in [5.41, 5.74) is 0. The molecule has 16 heavy (non-hydrogen) atoms. The molecule has 5 nitrogen and oxygen atoms in total. The summed E-state index contributed by atoms with van der Waals surface area (Å²) < 4.78 is 21.2. The maximum atomic E-state index is 10.6. The first-order valence-corrected chi connectivity index (χ1v) is 6.62. The number of thiol groups is 1. The summed E-state index contributed by atoms with van der Waals surface area (Å²) in [5.74, 6) is 1.14. The number of nitrogens with zero attached hydrogens (tertiary/aromatic N) is 3. The number of hydrogen-bond acceptors (Lipinski definition) is 5. The molecule has 1 fully saturated rings. The molecule has 0 spiro atoms. The Kier molecular flexibility index (Phi) is 3.74. The highest BCUT2D eigenvalue weighted by molar-refractivity contribution is 7.72. The van der Waals surface area contributed by atoms with Gasteiger partial charge in [0.1, 0.15) is 5.82 Å². The fourth-order valence-electron chi connectivity index (χ4n) is 1.82. The number of anilines is 1. The summed E-state index contributed by atoms with van der Waals surface area (Å²) in [5, 5.41) is 0. The van der Waals surface area contributed by atoms with Crippen LogP contribution in [-0.4, -0.2) is 50.4 Å². The van der Waals surface area contributed by atoms with Crippen LogP contribution in [0.5, 0.6) is 0 Å². The molecule has 88 valence electrons. The summed E-state index contributed by atoms with van der Waals surface area (Å²) in [6, 6.07) is 5.83. The van der Waals surface area contributed by atoms with Crippen molar-refractivity contribution in [1.82, 2.24) is 9.88 Å². The molecule has 0 N–H and O–H groups in total. The van der Waals surface area contributed by atoms with Gasteiger partial charge in [-0.25, -0.2) is 13.4 Å². The largest absolute Gasteiger partial charge is 0.354 e. The predicted molar refractivity (Wildman–Crippen MR) is 63.2 cm³/mol. The van der Waals surface area contributed by atoms with Gasteiger partial charge in [0, 0.05) is 32.4 Å². The van der Waals surface area contributed by atoms with Crippen molar-refractivity contribution in [2.45, 2.75) is 0 Å². The SMILES string of the molecule is O=[SH](=O)CN1CCN(c2ccccn2)CC1. The van der Waals surface area contributed by atoms with E-state index in [1.165, 1.54) is 0 Å². The van der Waals surface area contributed by atoms with E-state index in [9.17, 15) is 8.42 Å². The van der Waals surface area contributed by atoms with Gasteiger partial charge in [-0.15, -0.1) is 0 Å². The van der Waals surface area contributed by atoms with Crippen molar-refractivity contribution in [2.75, 3.05) is 37.0 Å². The maximum absolute atomic E-state index is 10.6. The fraction of sp³-hybridized carbons (Fsp3) is 0.500. The smallest absolute Gasteiger partial charge is 0.153 e. The molecule has 0 saturated carbocycles. The highest BCUT2D eigenvalue weighted by Gasteiger charge is 2.17. The van der Waals surface area contributed by atoms with Crippen LogP contribution in [0.2, 0.25) is 0 Å². The molecule has 0 atom stereocenters. The number of pyridine rings is 1. The molecule has 2 heterocycles. The Morgan fingerprint density at radius 1 is 1.19 bits per heavy atom. The maximum Gasteiger partial charge on any atom is 0.153 e. The van der Waals surface area contributed by atoms with Crippen molar-refractivity contribution in [3.05, 3.63) is 24.4 Å². The van der Waals surface area contributed by atoms with E-state index in [4.69, 9.17) is 0 Å². The number of piperazine rings is 1. The number of hydrogen-bond donors (Lipinski definition) is 1. The summed E-state index contributed by atoms with van der Waals surface area (Å²) >= 11 is 0. The van der Waals surface area contributed by atoms with Crippen molar-refractivity contribution in [2.24, 2.45) is 0 Å². The second-order valence-corrected chi connectivity index (χ2v) is 4.72. The van der Waals surface area contributed by atoms with Gasteiger partial charge >= 0.3 is 0 Å². The van der Waals surface area contributed by atoms with Gasteiger partial charge in [0.15, 0.2) is 10.7 Å². The van der Waals surface area contributed by atoms with Crippen LogP contribution in [0.25, 0.3) is 0 Å². The molecule has 0 aromatic carbocycles. The summed E-state index contributed by atoms with van der Waals surface area (Å²) in [6.07, 6.45) is 1.77. The predicted octanol–water partition coefficient (Wildman–Crippen LogP) is -0.228. The van der Waals surface area contributed by atoms with Gasteiger partial charge in [-0.3, -0.25) is 4.90 Å². The molecular weight excluding hydrogens is 226 g/mol. The van der Waals surface area contributed by atoms with E-state index >= 15 is 0 Å². The third-order valence-corrected chi connectivity index (χ3v) is 3.29. The summed E-state index contributed by atoms with van der Waals surface area (Å²) in [7, 11) is -2.30. The van der Waals surface area contributed by atoms with Gasteiger partial charge in [0.25, 0.3) is 0 Å². The zero-order valence-corrected chi connectivity index (χ0v) is 9.84. The second-order valence-electron chi connectivity index (χ2n) is 3.77. The molecule has 1 aliphatic heterocycles. The van der Waals surface area contributed by atoms with E-state index in [2.05, 4.69) is 9.88 Å². The first-order valence-electron chi connectivity index (χ1n) is 5.26. The minimum Gasteiger partial charge on any atom is -0.354 e. The van der Waals surface area contributed by atoms with Gasteiger partial charge in [0.2, 0.25) is 0 Å². The van der Waals surface area contributed by atoms with Crippen molar-refractivity contribution in [3.63, 3.8) is 0 Å². The standard InChI is InChI=1S/C10H15N3O2S/c14-16(15)9-12-5-7-13(8-6-12)10-3-1-2-4-11-10/h1-4,16H,5-9H2. The van der Waals surface area contributed by atoms with E-state index < -0.39 is 10.7 Å². The van der Waals surface area contributed by atoms with Crippen LogP contribution in [0.1, 0.15) is 0 Å². The minimum absolute atomic E-state index is 0.172. The molecule has 1 aliphatic rings. The van der Waals surface area contributed by atoms with Crippen LogP contribution in [0, 0.1) is 0 Å². The topological polar surface area (TPSA) is 53.5 Å². The molecule has 6 heteroatoms. The molecule has 1 aromatic heterocycles. The number of aromatic nitrogens is 1. The molecule has 1 aromatic rings. The van der Waals surface area contributed by atoms with E-state index in [0.717, 1.165) is 32.0 Å². The Morgan fingerprint density at radius 2 is 1.94 bits per heavy atom.